The minimum atomic E-state index is 0.754. The molecule has 0 unspecified atom stereocenters. The van der Waals surface area contributed by atoms with Gasteiger partial charge in [-0.1, -0.05) is 85.8 Å². The number of rotatable bonds is 5. The Kier molecular flexibility index (Phi) is 5.38. The van der Waals surface area contributed by atoms with Crippen molar-refractivity contribution in [1.82, 2.24) is 0 Å². The summed E-state index contributed by atoms with van der Waals surface area (Å²) in [4.78, 5) is 0. The molecule has 1 nitrogen and oxygen atoms in total. The maximum atomic E-state index is 6.09. The van der Waals surface area contributed by atoms with Crippen LogP contribution in [0.5, 0.6) is 0 Å². The predicted octanol–water partition coefficient (Wildman–Crippen LogP) is 6.59. The van der Waals surface area contributed by atoms with E-state index >= 15 is 0 Å². The van der Waals surface area contributed by atoms with Gasteiger partial charge in [0.05, 0.1) is 0 Å². The Hall–Kier alpha value is -3.06. The Morgan fingerprint density at radius 1 is 0.885 bits per heavy atom. The quantitative estimate of drug-likeness (QED) is 0.412. The van der Waals surface area contributed by atoms with E-state index < -0.39 is 0 Å². The molecule has 0 aliphatic carbocycles. The van der Waals surface area contributed by atoms with Crippen molar-refractivity contribution in [3.63, 3.8) is 0 Å². The minimum absolute atomic E-state index is 0.754. The lowest BCUT2D eigenvalue weighted by molar-refractivity contribution is 1.24. The fraction of sp³-hybridized carbons (Fsp3) is 0.120. The van der Waals surface area contributed by atoms with E-state index in [1.165, 1.54) is 33.4 Å². The second-order valence-electron chi connectivity index (χ2n) is 6.49. The van der Waals surface area contributed by atoms with Crippen LogP contribution in [0, 0.1) is 6.92 Å². The van der Waals surface area contributed by atoms with Crippen LogP contribution in [0.25, 0.3) is 17.2 Å². The van der Waals surface area contributed by atoms with Crippen molar-refractivity contribution >= 4 is 22.9 Å². The molecule has 0 saturated heterocycles. The SMILES string of the molecule is C=Cc1cc(/C(=C(\CC)c2ccccc2)c2ccc(C)cc2)ccc1N. The molecule has 0 aliphatic heterocycles. The lowest BCUT2D eigenvalue weighted by Gasteiger charge is -2.17. The lowest BCUT2D eigenvalue weighted by atomic mass is 9.87. The third kappa shape index (κ3) is 3.62. The van der Waals surface area contributed by atoms with Gasteiger partial charge in [-0.25, -0.2) is 0 Å². The highest BCUT2D eigenvalue weighted by molar-refractivity contribution is 5.99. The first-order valence-corrected chi connectivity index (χ1v) is 9.02. The van der Waals surface area contributed by atoms with Crippen LogP contribution in [0.1, 0.15) is 41.2 Å². The van der Waals surface area contributed by atoms with E-state index in [0.29, 0.717) is 0 Å². The highest BCUT2D eigenvalue weighted by Crippen LogP contribution is 2.35. The Bertz CT molecular complexity index is 932. The molecule has 0 saturated carbocycles. The van der Waals surface area contributed by atoms with Crippen LogP contribution in [0.2, 0.25) is 0 Å². The summed E-state index contributed by atoms with van der Waals surface area (Å²) in [7, 11) is 0. The molecule has 3 rings (SSSR count). The molecule has 0 bridgehead atoms. The molecule has 0 heterocycles. The third-order valence-electron chi connectivity index (χ3n) is 4.71. The van der Waals surface area contributed by atoms with Gasteiger partial charge in [0.2, 0.25) is 0 Å². The number of benzene rings is 3. The zero-order valence-corrected chi connectivity index (χ0v) is 15.5. The van der Waals surface area contributed by atoms with Crippen molar-refractivity contribution in [3.8, 4) is 0 Å². The summed E-state index contributed by atoms with van der Waals surface area (Å²) in [6.45, 7) is 8.23. The first kappa shape index (κ1) is 17.8. The molecule has 3 aromatic rings. The molecule has 0 aliphatic rings. The molecule has 0 radical (unpaired) electrons. The second-order valence-corrected chi connectivity index (χ2v) is 6.49. The van der Waals surface area contributed by atoms with Gasteiger partial charge in [0.15, 0.2) is 0 Å². The maximum absolute atomic E-state index is 6.09. The zero-order chi connectivity index (χ0) is 18.5. The molecular weight excluding hydrogens is 314 g/mol. The minimum Gasteiger partial charge on any atom is -0.398 e. The number of nitrogens with two attached hydrogens (primary N) is 1. The molecule has 0 amide bonds. The standard InChI is InChI=1S/C25H25N/c1-4-19-17-22(15-16-24(19)26)25(21-13-11-18(3)12-14-21)23(5-2)20-9-7-6-8-10-20/h4,6-17H,1,5,26H2,2-3H3/b25-23+. The van der Waals surface area contributed by atoms with Crippen LogP contribution in [-0.4, -0.2) is 0 Å². The van der Waals surface area contributed by atoms with Crippen LogP contribution in [0.3, 0.4) is 0 Å². The number of anilines is 1. The fourth-order valence-corrected chi connectivity index (χ4v) is 3.31. The van der Waals surface area contributed by atoms with Gasteiger partial charge in [-0.05, 0) is 58.9 Å². The highest BCUT2D eigenvalue weighted by atomic mass is 14.6. The van der Waals surface area contributed by atoms with E-state index in [1.807, 2.05) is 12.1 Å². The summed E-state index contributed by atoms with van der Waals surface area (Å²) in [6.07, 6.45) is 2.76. The molecule has 1 heteroatoms. The van der Waals surface area contributed by atoms with Crippen LogP contribution in [0.4, 0.5) is 5.69 Å². The van der Waals surface area contributed by atoms with E-state index in [4.69, 9.17) is 5.73 Å². The summed E-state index contributed by atoms with van der Waals surface area (Å²) in [5.41, 5.74) is 15.3. The Morgan fingerprint density at radius 3 is 2.15 bits per heavy atom. The summed E-state index contributed by atoms with van der Waals surface area (Å²) in [6, 6.07) is 25.6. The molecule has 3 aromatic carbocycles. The zero-order valence-electron chi connectivity index (χ0n) is 15.5. The first-order chi connectivity index (χ1) is 12.6. The summed E-state index contributed by atoms with van der Waals surface area (Å²) >= 11 is 0. The Balaban J connectivity index is 2.31. The third-order valence-corrected chi connectivity index (χ3v) is 4.71. The average molecular weight is 339 g/mol. The van der Waals surface area contributed by atoms with Crippen molar-refractivity contribution in [2.24, 2.45) is 0 Å². The van der Waals surface area contributed by atoms with Crippen molar-refractivity contribution in [2.45, 2.75) is 20.3 Å². The molecule has 130 valence electrons. The highest BCUT2D eigenvalue weighted by Gasteiger charge is 2.13. The normalized spacial score (nSPS) is 11.8. The first-order valence-electron chi connectivity index (χ1n) is 9.02. The van der Waals surface area contributed by atoms with Crippen molar-refractivity contribution < 1.29 is 0 Å². The number of aryl methyl sites for hydroxylation is 1. The van der Waals surface area contributed by atoms with Gasteiger partial charge >= 0.3 is 0 Å². The number of allylic oxidation sites excluding steroid dienone is 1. The van der Waals surface area contributed by atoms with Crippen molar-refractivity contribution in [3.05, 3.63) is 107 Å². The molecule has 2 N–H and O–H groups in total. The molecule has 0 fully saturated rings. The van der Waals surface area contributed by atoms with Gasteiger partial charge in [-0.3, -0.25) is 0 Å². The molecule has 0 spiro atoms. The van der Waals surface area contributed by atoms with Gasteiger partial charge in [-0.2, -0.15) is 0 Å². The number of nitrogen functional groups attached to an aromatic ring is 1. The van der Waals surface area contributed by atoms with Gasteiger partial charge < -0.3 is 5.73 Å². The molecular formula is C25H25N. The van der Waals surface area contributed by atoms with Gasteiger partial charge in [0.25, 0.3) is 0 Å². The van der Waals surface area contributed by atoms with Crippen molar-refractivity contribution in [1.29, 1.82) is 0 Å². The summed E-state index contributed by atoms with van der Waals surface area (Å²) < 4.78 is 0. The largest absolute Gasteiger partial charge is 0.398 e. The lowest BCUT2D eigenvalue weighted by Crippen LogP contribution is -1.97. The maximum Gasteiger partial charge on any atom is 0.0387 e. The van der Waals surface area contributed by atoms with Crippen molar-refractivity contribution in [2.75, 3.05) is 5.73 Å². The molecule has 0 atom stereocenters. The van der Waals surface area contributed by atoms with Crippen LogP contribution >= 0.6 is 0 Å². The van der Waals surface area contributed by atoms with Gasteiger partial charge in [0.1, 0.15) is 0 Å². The van der Waals surface area contributed by atoms with E-state index in [-0.39, 0.29) is 0 Å². The van der Waals surface area contributed by atoms with Gasteiger partial charge in [-0.15, -0.1) is 0 Å². The van der Waals surface area contributed by atoms with Crippen LogP contribution < -0.4 is 5.73 Å². The predicted molar refractivity (Wildman–Crippen MR) is 115 cm³/mol. The smallest absolute Gasteiger partial charge is 0.0387 e. The molecule has 26 heavy (non-hydrogen) atoms. The van der Waals surface area contributed by atoms with Gasteiger partial charge in [0, 0.05) is 5.69 Å². The van der Waals surface area contributed by atoms with E-state index in [1.54, 1.807) is 0 Å². The van der Waals surface area contributed by atoms with Crippen LogP contribution in [-0.2, 0) is 0 Å². The average Bonchev–Trinajstić information content (AvgIpc) is 2.68. The number of hydrogen-bond acceptors (Lipinski definition) is 1. The second kappa shape index (κ2) is 7.88. The number of hydrogen-bond donors (Lipinski definition) is 1. The monoisotopic (exact) mass is 339 g/mol. The summed E-state index contributed by atoms with van der Waals surface area (Å²) in [5.74, 6) is 0. The fourth-order valence-electron chi connectivity index (χ4n) is 3.31. The van der Waals surface area contributed by atoms with E-state index in [2.05, 4.69) is 87.2 Å². The van der Waals surface area contributed by atoms with E-state index in [0.717, 1.165) is 17.7 Å². The molecule has 0 aromatic heterocycles. The van der Waals surface area contributed by atoms with E-state index in [9.17, 15) is 0 Å². The summed E-state index contributed by atoms with van der Waals surface area (Å²) in [5, 5.41) is 0. The topological polar surface area (TPSA) is 26.0 Å². The van der Waals surface area contributed by atoms with Crippen LogP contribution in [0.15, 0.2) is 79.4 Å². The Labute approximate surface area is 156 Å². The Morgan fingerprint density at radius 2 is 1.54 bits per heavy atom.